The zero-order valence-electron chi connectivity index (χ0n) is 9.57. The van der Waals surface area contributed by atoms with Crippen molar-refractivity contribution in [2.75, 3.05) is 7.05 Å². The Morgan fingerprint density at radius 1 is 1.53 bits per heavy atom. The topological polar surface area (TPSA) is 75.7 Å². The van der Waals surface area contributed by atoms with E-state index in [1.807, 2.05) is 0 Å². The summed E-state index contributed by atoms with van der Waals surface area (Å²) < 4.78 is 0. The first-order valence-corrected chi connectivity index (χ1v) is 5.26. The van der Waals surface area contributed by atoms with E-state index in [-0.39, 0.29) is 22.2 Å². The van der Waals surface area contributed by atoms with Crippen LogP contribution in [0.4, 0.5) is 0 Å². The number of benzene rings is 1. The number of carbonyl (C=O) groups excluding carboxylic acids is 1. The van der Waals surface area contributed by atoms with E-state index >= 15 is 0 Å². The van der Waals surface area contributed by atoms with Crippen molar-refractivity contribution < 1.29 is 9.90 Å². The number of nitrogens with zero attached hydrogens (tertiary/aromatic N) is 1. The summed E-state index contributed by atoms with van der Waals surface area (Å²) >= 11 is 5.78. The fourth-order valence-corrected chi connectivity index (χ4v) is 1.47. The highest BCUT2D eigenvalue weighted by atomic mass is 35.5. The molecule has 5 heteroatoms. The van der Waals surface area contributed by atoms with Crippen LogP contribution in [0.25, 0.3) is 5.70 Å². The number of halogens is 1. The van der Waals surface area contributed by atoms with E-state index in [0.717, 1.165) is 0 Å². The maximum atomic E-state index is 10.9. The van der Waals surface area contributed by atoms with Crippen molar-refractivity contribution in [2.45, 2.75) is 6.92 Å². The predicted molar refractivity (Wildman–Crippen MR) is 69.2 cm³/mol. The summed E-state index contributed by atoms with van der Waals surface area (Å²) in [4.78, 5) is 14.6. The first kappa shape index (κ1) is 13.3. The molecule has 0 bridgehead atoms. The van der Waals surface area contributed by atoms with Crippen molar-refractivity contribution in [3.05, 3.63) is 34.9 Å². The van der Waals surface area contributed by atoms with E-state index in [1.54, 1.807) is 19.1 Å². The third kappa shape index (κ3) is 2.85. The fourth-order valence-electron chi connectivity index (χ4n) is 1.32. The Bertz CT molecular complexity index is 507. The van der Waals surface area contributed by atoms with Gasteiger partial charge < -0.3 is 10.8 Å². The van der Waals surface area contributed by atoms with Gasteiger partial charge in [0, 0.05) is 7.05 Å². The summed E-state index contributed by atoms with van der Waals surface area (Å²) in [5.41, 5.74) is 7.50. The van der Waals surface area contributed by atoms with Crippen LogP contribution in [0.3, 0.4) is 0 Å². The average molecular weight is 253 g/mol. The number of aliphatic imine (C=N–C) groups is 1. The number of allylic oxidation sites excluding steroid dienone is 1. The number of phenolic OH excluding ortho intramolecular Hbond substituents is 1. The molecular formula is C12H13ClN2O2. The maximum Gasteiger partial charge on any atom is 0.155 e. The first-order valence-electron chi connectivity index (χ1n) is 4.88. The zero-order valence-corrected chi connectivity index (χ0v) is 10.3. The molecule has 0 unspecified atom stereocenters. The van der Waals surface area contributed by atoms with Gasteiger partial charge in [0.05, 0.1) is 11.3 Å². The smallest absolute Gasteiger partial charge is 0.155 e. The second-order valence-electron chi connectivity index (χ2n) is 3.46. The molecule has 0 amide bonds. The van der Waals surface area contributed by atoms with E-state index in [9.17, 15) is 9.90 Å². The van der Waals surface area contributed by atoms with Crippen LogP contribution >= 0.6 is 11.6 Å². The molecule has 0 aromatic heterocycles. The van der Waals surface area contributed by atoms with Crippen molar-refractivity contribution in [1.29, 1.82) is 0 Å². The second kappa shape index (κ2) is 5.50. The SMILES string of the molecule is CN=C(Cl)C(C=O)=C(N)c1ccc(O)c(C)c1. The number of phenols is 1. The van der Waals surface area contributed by atoms with Crippen LogP contribution in [0, 0.1) is 6.92 Å². The van der Waals surface area contributed by atoms with Gasteiger partial charge >= 0.3 is 0 Å². The van der Waals surface area contributed by atoms with Crippen LogP contribution in [0.2, 0.25) is 0 Å². The van der Waals surface area contributed by atoms with Crippen LogP contribution in [0.5, 0.6) is 5.75 Å². The molecular weight excluding hydrogens is 240 g/mol. The minimum Gasteiger partial charge on any atom is -0.508 e. The zero-order chi connectivity index (χ0) is 13.0. The highest BCUT2D eigenvalue weighted by Crippen LogP contribution is 2.22. The van der Waals surface area contributed by atoms with E-state index in [4.69, 9.17) is 17.3 Å². The standard InChI is InChI=1S/C12H13ClN2O2/c1-7-5-8(3-4-10(7)17)11(14)9(6-16)12(13)15-2/h3-6,17H,14H2,1-2H3. The summed E-state index contributed by atoms with van der Waals surface area (Å²) in [6.45, 7) is 1.74. The van der Waals surface area contributed by atoms with Gasteiger partial charge in [-0.15, -0.1) is 0 Å². The number of hydrogen-bond donors (Lipinski definition) is 2. The quantitative estimate of drug-likeness (QED) is 0.490. The second-order valence-corrected chi connectivity index (χ2v) is 3.82. The van der Waals surface area contributed by atoms with Gasteiger partial charge in [0.25, 0.3) is 0 Å². The number of aromatic hydroxyl groups is 1. The van der Waals surface area contributed by atoms with Crippen LogP contribution in [-0.2, 0) is 4.79 Å². The molecule has 0 aliphatic heterocycles. The summed E-state index contributed by atoms with van der Waals surface area (Å²) in [6.07, 6.45) is 0.562. The molecule has 17 heavy (non-hydrogen) atoms. The van der Waals surface area contributed by atoms with Crippen molar-refractivity contribution in [1.82, 2.24) is 0 Å². The van der Waals surface area contributed by atoms with E-state index in [1.165, 1.54) is 13.1 Å². The molecule has 4 nitrogen and oxygen atoms in total. The Kier molecular flexibility index (Phi) is 4.29. The van der Waals surface area contributed by atoms with Gasteiger partial charge in [-0.2, -0.15) is 0 Å². The van der Waals surface area contributed by atoms with Gasteiger partial charge in [0.2, 0.25) is 0 Å². The predicted octanol–water partition coefficient (Wildman–Crippen LogP) is 1.84. The van der Waals surface area contributed by atoms with Gasteiger partial charge in [-0.25, -0.2) is 0 Å². The molecule has 0 aliphatic carbocycles. The minimum absolute atomic E-state index is 0.0585. The number of carbonyl (C=O) groups is 1. The maximum absolute atomic E-state index is 10.9. The molecule has 1 aromatic rings. The lowest BCUT2D eigenvalue weighted by Gasteiger charge is -2.07. The highest BCUT2D eigenvalue weighted by molar-refractivity contribution is 6.72. The molecule has 0 saturated heterocycles. The van der Waals surface area contributed by atoms with Crippen LogP contribution in [-0.4, -0.2) is 23.6 Å². The molecule has 0 radical (unpaired) electrons. The van der Waals surface area contributed by atoms with E-state index < -0.39 is 0 Å². The Balaban J connectivity index is 3.35. The lowest BCUT2D eigenvalue weighted by Crippen LogP contribution is -2.08. The number of hydrogen-bond acceptors (Lipinski definition) is 4. The molecule has 90 valence electrons. The van der Waals surface area contributed by atoms with Crippen molar-refractivity contribution in [2.24, 2.45) is 10.7 Å². The number of aryl methyl sites for hydroxylation is 1. The van der Waals surface area contributed by atoms with Gasteiger partial charge in [0.15, 0.2) is 6.29 Å². The highest BCUT2D eigenvalue weighted by Gasteiger charge is 2.10. The third-order valence-corrected chi connectivity index (χ3v) is 2.71. The normalized spacial score (nSPS) is 13.2. The molecule has 3 N–H and O–H groups in total. The van der Waals surface area contributed by atoms with Crippen LogP contribution in [0.1, 0.15) is 11.1 Å². The summed E-state index contributed by atoms with van der Waals surface area (Å²) in [6, 6.07) is 4.80. The Morgan fingerprint density at radius 3 is 2.65 bits per heavy atom. The van der Waals surface area contributed by atoms with Gasteiger partial charge in [-0.05, 0) is 36.2 Å². The summed E-state index contributed by atoms with van der Waals surface area (Å²) in [7, 11) is 1.47. The molecule has 0 spiro atoms. The Labute approximate surface area is 104 Å². The average Bonchev–Trinajstić information content (AvgIpc) is 2.33. The van der Waals surface area contributed by atoms with Gasteiger partial charge in [-0.1, -0.05) is 11.6 Å². The largest absolute Gasteiger partial charge is 0.508 e. The monoisotopic (exact) mass is 252 g/mol. The molecule has 1 rings (SSSR count). The number of aldehydes is 1. The van der Waals surface area contributed by atoms with Crippen molar-refractivity contribution in [3.63, 3.8) is 0 Å². The van der Waals surface area contributed by atoms with Crippen LogP contribution < -0.4 is 5.73 Å². The van der Waals surface area contributed by atoms with Crippen molar-refractivity contribution >= 4 is 28.8 Å². The lowest BCUT2D eigenvalue weighted by molar-refractivity contribution is -0.104. The molecule has 1 aromatic carbocycles. The van der Waals surface area contributed by atoms with Gasteiger partial charge in [0.1, 0.15) is 10.9 Å². The molecule has 0 saturated carbocycles. The Hall–Kier alpha value is -1.81. The number of nitrogens with two attached hydrogens (primary N) is 1. The molecule has 0 fully saturated rings. The minimum atomic E-state index is 0.0585. The van der Waals surface area contributed by atoms with Crippen molar-refractivity contribution in [3.8, 4) is 5.75 Å². The molecule has 0 atom stereocenters. The van der Waals surface area contributed by atoms with E-state index in [2.05, 4.69) is 4.99 Å². The molecule has 0 heterocycles. The fraction of sp³-hybridized carbons (Fsp3) is 0.167. The first-order chi connectivity index (χ1) is 8.01. The van der Waals surface area contributed by atoms with Gasteiger partial charge in [-0.3, -0.25) is 9.79 Å². The Morgan fingerprint density at radius 2 is 2.18 bits per heavy atom. The number of rotatable bonds is 3. The van der Waals surface area contributed by atoms with Crippen LogP contribution in [0.15, 0.2) is 28.8 Å². The summed E-state index contributed by atoms with van der Waals surface area (Å²) in [5.74, 6) is 0.171. The summed E-state index contributed by atoms with van der Waals surface area (Å²) in [5, 5.41) is 9.46. The lowest BCUT2D eigenvalue weighted by atomic mass is 10.1. The third-order valence-electron chi connectivity index (χ3n) is 2.33. The van der Waals surface area contributed by atoms with E-state index in [0.29, 0.717) is 17.4 Å². The molecule has 0 aliphatic rings.